The van der Waals surface area contributed by atoms with Crippen LogP contribution in [0.2, 0.25) is 0 Å². The van der Waals surface area contributed by atoms with Crippen molar-refractivity contribution in [3.8, 4) is 5.75 Å². The van der Waals surface area contributed by atoms with E-state index in [9.17, 15) is 0 Å². The van der Waals surface area contributed by atoms with Gasteiger partial charge in [-0.3, -0.25) is 5.43 Å². The standard InChI is InChI=1S/C20H27N3O/c1-2-21-15-17-14-19(23-22-17)18-10-6-7-11-20(18)24-13-12-16-8-4-3-5-9-16/h3-11,17,19,21-23H,2,12-15H2,1H3. The van der Waals surface area contributed by atoms with Crippen LogP contribution in [0.1, 0.15) is 30.5 Å². The van der Waals surface area contributed by atoms with Gasteiger partial charge in [0.05, 0.1) is 12.6 Å². The number of para-hydroxylation sites is 1. The Morgan fingerprint density at radius 3 is 2.67 bits per heavy atom. The van der Waals surface area contributed by atoms with Crippen molar-refractivity contribution in [2.24, 2.45) is 0 Å². The lowest BCUT2D eigenvalue weighted by atomic mass is 10.0. The van der Waals surface area contributed by atoms with E-state index in [1.807, 2.05) is 12.1 Å². The number of ether oxygens (including phenoxy) is 1. The number of hydrazine groups is 1. The molecule has 0 radical (unpaired) electrons. The molecular formula is C20H27N3O. The number of rotatable bonds is 8. The Morgan fingerprint density at radius 2 is 1.83 bits per heavy atom. The summed E-state index contributed by atoms with van der Waals surface area (Å²) in [6, 6.07) is 19.6. The fourth-order valence-corrected chi connectivity index (χ4v) is 3.10. The number of benzene rings is 2. The normalized spacial score (nSPS) is 20.2. The molecule has 2 unspecified atom stereocenters. The van der Waals surface area contributed by atoms with E-state index in [0.717, 1.165) is 31.7 Å². The predicted octanol–water partition coefficient (Wildman–Crippen LogP) is 2.83. The molecular weight excluding hydrogens is 298 g/mol. The zero-order valence-electron chi connectivity index (χ0n) is 14.3. The summed E-state index contributed by atoms with van der Waals surface area (Å²) in [5, 5.41) is 3.40. The van der Waals surface area contributed by atoms with Gasteiger partial charge in [-0.2, -0.15) is 0 Å². The van der Waals surface area contributed by atoms with Gasteiger partial charge in [-0.25, -0.2) is 5.43 Å². The quantitative estimate of drug-likeness (QED) is 0.698. The second kappa shape index (κ2) is 8.83. The second-order valence-corrected chi connectivity index (χ2v) is 6.20. The van der Waals surface area contributed by atoms with Gasteiger partial charge in [0.2, 0.25) is 0 Å². The van der Waals surface area contributed by atoms with Crippen molar-refractivity contribution >= 4 is 0 Å². The fraction of sp³-hybridized carbons (Fsp3) is 0.400. The fourth-order valence-electron chi connectivity index (χ4n) is 3.10. The third-order valence-electron chi connectivity index (χ3n) is 4.41. The predicted molar refractivity (Wildman–Crippen MR) is 98.0 cm³/mol. The van der Waals surface area contributed by atoms with Crippen LogP contribution < -0.4 is 20.9 Å². The van der Waals surface area contributed by atoms with Crippen LogP contribution in [-0.4, -0.2) is 25.7 Å². The van der Waals surface area contributed by atoms with E-state index in [1.54, 1.807) is 0 Å². The number of nitrogens with one attached hydrogen (secondary N) is 3. The van der Waals surface area contributed by atoms with Gasteiger partial charge in [0, 0.05) is 24.6 Å². The van der Waals surface area contributed by atoms with Crippen LogP contribution >= 0.6 is 0 Å². The first-order valence-corrected chi connectivity index (χ1v) is 8.84. The zero-order valence-corrected chi connectivity index (χ0v) is 14.3. The van der Waals surface area contributed by atoms with Gasteiger partial charge in [0.25, 0.3) is 0 Å². The highest BCUT2D eigenvalue weighted by molar-refractivity contribution is 5.36. The molecule has 0 saturated carbocycles. The first-order chi connectivity index (χ1) is 11.9. The van der Waals surface area contributed by atoms with E-state index < -0.39 is 0 Å². The van der Waals surface area contributed by atoms with Gasteiger partial charge >= 0.3 is 0 Å². The van der Waals surface area contributed by atoms with Crippen molar-refractivity contribution in [2.45, 2.75) is 31.8 Å². The number of likely N-dealkylation sites (N-methyl/N-ethyl adjacent to an activating group) is 1. The Labute approximate surface area is 144 Å². The third-order valence-corrected chi connectivity index (χ3v) is 4.41. The Balaban J connectivity index is 1.57. The minimum Gasteiger partial charge on any atom is -0.493 e. The van der Waals surface area contributed by atoms with Gasteiger partial charge in [-0.1, -0.05) is 55.5 Å². The van der Waals surface area contributed by atoms with Gasteiger partial charge in [-0.15, -0.1) is 0 Å². The third kappa shape index (κ3) is 4.57. The van der Waals surface area contributed by atoms with Crippen LogP contribution in [0.3, 0.4) is 0 Å². The Bertz CT molecular complexity index is 617. The molecule has 3 N–H and O–H groups in total. The van der Waals surface area contributed by atoms with Crippen molar-refractivity contribution in [3.05, 3.63) is 65.7 Å². The minimum absolute atomic E-state index is 0.293. The molecule has 0 spiro atoms. The van der Waals surface area contributed by atoms with E-state index >= 15 is 0 Å². The molecule has 4 nitrogen and oxygen atoms in total. The van der Waals surface area contributed by atoms with E-state index in [1.165, 1.54) is 11.1 Å². The van der Waals surface area contributed by atoms with Crippen molar-refractivity contribution in [3.63, 3.8) is 0 Å². The maximum absolute atomic E-state index is 6.09. The summed E-state index contributed by atoms with van der Waals surface area (Å²) in [7, 11) is 0. The average Bonchev–Trinajstić information content (AvgIpc) is 3.10. The Kier molecular flexibility index (Phi) is 6.24. The van der Waals surface area contributed by atoms with E-state index in [0.29, 0.717) is 18.7 Å². The summed E-state index contributed by atoms with van der Waals surface area (Å²) >= 11 is 0. The van der Waals surface area contributed by atoms with Gasteiger partial charge in [0.15, 0.2) is 0 Å². The molecule has 4 heteroatoms. The lowest BCUT2D eigenvalue weighted by molar-refractivity contribution is 0.315. The average molecular weight is 325 g/mol. The monoisotopic (exact) mass is 325 g/mol. The molecule has 1 aliphatic rings. The molecule has 1 aliphatic heterocycles. The second-order valence-electron chi connectivity index (χ2n) is 6.20. The SMILES string of the molecule is CCNCC1CC(c2ccccc2OCCc2ccccc2)NN1. The lowest BCUT2D eigenvalue weighted by Gasteiger charge is -2.16. The summed E-state index contributed by atoms with van der Waals surface area (Å²) in [6.45, 7) is 4.82. The van der Waals surface area contributed by atoms with Crippen LogP contribution in [-0.2, 0) is 6.42 Å². The molecule has 1 fully saturated rings. The van der Waals surface area contributed by atoms with E-state index in [2.05, 4.69) is 65.6 Å². The molecule has 0 amide bonds. The lowest BCUT2D eigenvalue weighted by Crippen LogP contribution is -2.37. The minimum atomic E-state index is 0.293. The molecule has 0 bridgehead atoms. The summed E-state index contributed by atoms with van der Waals surface area (Å²) in [5.74, 6) is 0.983. The van der Waals surface area contributed by atoms with Gasteiger partial charge < -0.3 is 10.1 Å². The highest BCUT2D eigenvalue weighted by Crippen LogP contribution is 2.30. The highest BCUT2D eigenvalue weighted by Gasteiger charge is 2.26. The molecule has 24 heavy (non-hydrogen) atoms. The molecule has 128 valence electrons. The first-order valence-electron chi connectivity index (χ1n) is 8.84. The van der Waals surface area contributed by atoms with E-state index in [-0.39, 0.29) is 0 Å². The van der Waals surface area contributed by atoms with Crippen molar-refractivity contribution < 1.29 is 4.74 Å². The van der Waals surface area contributed by atoms with Crippen LogP contribution in [0, 0.1) is 0 Å². The molecule has 2 aromatic carbocycles. The summed E-state index contributed by atoms with van der Waals surface area (Å²) in [4.78, 5) is 0. The summed E-state index contributed by atoms with van der Waals surface area (Å²) < 4.78 is 6.09. The molecule has 1 heterocycles. The first kappa shape index (κ1) is 17.0. The summed E-state index contributed by atoms with van der Waals surface area (Å²) in [5.41, 5.74) is 9.33. The largest absolute Gasteiger partial charge is 0.493 e. The summed E-state index contributed by atoms with van der Waals surface area (Å²) in [6.07, 6.45) is 1.99. The van der Waals surface area contributed by atoms with Crippen molar-refractivity contribution in [1.82, 2.24) is 16.2 Å². The molecule has 0 aromatic heterocycles. The van der Waals surface area contributed by atoms with Crippen LogP contribution in [0.15, 0.2) is 54.6 Å². The Morgan fingerprint density at radius 1 is 1.04 bits per heavy atom. The zero-order chi connectivity index (χ0) is 16.6. The maximum Gasteiger partial charge on any atom is 0.124 e. The van der Waals surface area contributed by atoms with Crippen molar-refractivity contribution in [2.75, 3.05) is 19.7 Å². The molecule has 2 atom stereocenters. The number of hydrogen-bond donors (Lipinski definition) is 3. The topological polar surface area (TPSA) is 45.3 Å². The van der Waals surface area contributed by atoms with Gasteiger partial charge in [0.1, 0.15) is 5.75 Å². The van der Waals surface area contributed by atoms with Crippen LogP contribution in [0.4, 0.5) is 0 Å². The van der Waals surface area contributed by atoms with Crippen molar-refractivity contribution in [1.29, 1.82) is 0 Å². The van der Waals surface area contributed by atoms with Crippen LogP contribution in [0.5, 0.6) is 5.75 Å². The molecule has 2 aromatic rings. The smallest absolute Gasteiger partial charge is 0.124 e. The highest BCUT2D eigenvalue weighted by atomic mass is 16.5. The molecule has 1 saturated heterocycles. The number of hydrogen-bond acceptors (Lipinski definition) is 4. The Hall–Kier alpha value is -1.88. The van der Waals surface area contributed by atoms with Gasteiger partial charge in [-0.05, 0) is 24.6 Å². The van der Waals surface area contributed by atoms with E-state index in [4.69, 9.17) is 4.74 Å². The molecule has 3 rings (SSSR count). The maximum atomic E-state index is 6.09. The van der Waals surface area contributed by atoms with Crippen LogP contribution in [0.25, 0.3) is 0 Å². The molecule has 0 aliphatic carbocycles.